The summed E-state index contributed by atoms with van der Waals surface area (Å²) in [4.78, 5) is 20.7. The maximum atomic E-state index is 12.0. The molecular formula is C13H15N3O2S. The molecule has 6 heteroatoms. The second kappa shape index (κ2) is 4.97. The summed E-state index contributed by atoms with van der Waals surface area (Å²) in [6, 6.07) is 3.06. The number of nitrogens with zero attached hydrogens (tertiary/aromatic N) is 2. The quantitative estimate of drug-likeness (QED) is 0.885. The summed E-state index contributed by atoms with van der Waals surface area (Å²) in [5.74, 6) is -0.225. The van der Waals surface area contributed by atoms with Crippen molar-refractivity contribution in [3.05, 3.63) is 34.4 Å². The summed E-state index contributed by atoms with van der Waals surface area (Å²) in [5.41, 5.74) is -0.0870. The van der Waals surface area contributed by atoms with E-state index < -0.39 is 0 Å². The van der Waals surface area contributed by atoms with Crippen molar-refractivity contribution in [2.75, 3.05) is 5.32 Å². The van der Waals surface area contributed by atoms with Gasteiger partial charge in [-0.15, -0.1) is 11.3 Å². The van der Waals surface area contributed by atoms with Crippen LogP contribution in [0.2, 0.25) is 0 Å². The van der Waals surface area contributed by atoms with Crippen LogP contribution in [0.1, 0.15) is 35.5 Å². The molecule has 2 N–H and O–H groups in total. The Morgan fingerprint density at radius 3 is 2.68 bits per heavy atom. The predicted octanol–water partition coefficient (Wildman–Crippen LogP) is 2.79. The monoisotopic (exact) mass is 277 g/mol. The van der Waals surface area contributed by atoms with E-state index in [0.717, 1.165) is 5.01 Å². The average Bonchev–Trinajstić information content (AvgIpc) is 2.81. The highest BCUT2D eigenvalue weighted by molar-refractivity contribution is 7.13. The molecule has 100 valence electrons. The van der Waals surface area contributed by atoms with Gasteiger partial charge in [0.15, 0.2) is 11.6 Å². The molecular weight excluding hydrogens is 262 g/mol. The second-order valence-electron chi connectivity index (χ2n) is 5.10. The van der Waals surface area contributed by atoms with E-state index in [0.29, 0.717) is 4.88 Å². The van der Waals surface area contributed by atoms with Crippen molar-refractivity contribution in [2.24, 2.45) is 0 Å². The van der Waals surface area contributed by atoms with Gasteiger partial charge >= 0.3 is 0 Å². The molecule has 2 aromatic heterocycles. The van der Waals surface area contributed by atoms with Gasteiger partial charge in [0, 0.05) is 11.6 Å². The average molecular weight is 277 g/mol. The zero-order valence-electron chi connectivity index (χ0n) is 11.0. The lowest BCUT2D eigenvalue weighted by Crippen LogP contribution is -2.11. The van der Waals surface area contributed by atoms with Gasteiger partial charge < -0.3 is 10.4 Å². The molecule has 0 aliphatic heterocycles. The number of aromatic hydroxyl groups is 1. The Hall–Kier alpha value is -1.95. The molecule has 0 radical (unpaired) electrons. The molecule has 0 saturated carbocycles. The normalized spacial score (nSPS) is 11.3. The summed E-state index contributed by atoms with van der Waals surface area (Å²) in [7, 11) is 0. The first-order valence-corrected chi connectivity index (χ1v) is 6.61. The van der Waals surface area contributed by atoms with Crippen LogP contribution in [0.25, 0.3) is 0 Å². The molecule has 0 aliphatic rings. The molecule has 0 aromatic carbocycles. The topological polar surface area (TPSA) is 75.1 Å². The number of rotatable bonds is 2. The first-order chi connectivity index (χ1) is 8.88. The van der Waals surface area contributed by atoms with E-state index in [1.165, 1.54) is 23.6 Å². The summed E-state index contributed by atoms with van der Waals surface area (Å²) in [5, 5.41) is 13.0. The van der Waals surface area contributed by atoms with Gasteiger partial charge in [0.1, 0.15) is 4.88 Å². The number of thiazole rings is 1. The minimum atomic E-state index is -0.318. The summed E-state index contributed by atoms with van der Waals surface area (Å²) in [6.45, 7) is 6.12. The van der Waals surface area contributed by atoms with E-state index in [4.69, 9.17) is 0 Å². The van der Waals surface area contributed by atoms with Crippen LogP contribution in [0.5, 0.6) is 5.75 Å². The lowest BCUT2D eigenvalue weighted by molar-refractivity contribution is 0.102. The third-order valence-corrected chi connectivity index (χ3v) is 3.81. The third kappa shape index (κ3) is 3.08. The molecule has 2 rings (SSSR count). The molecule has 0 aliphatic carbocycles. The Bertz CT molecular complexity index is 602. The Morgan fingerprint density at radius 1 is 1.37 bits per heavy atom. The molecule has 19 heavy (non-hydrogen) atoms. The Balaban J connectivity index is 2.17. The summed E-state index contributed by atoms with van der Waals surface area (Å²) < 4.78 is 0. The standard InChI is InChI=1S/C13H15N3O2S/c1-13(2,3)12-15-7-9(19-12)11(18)16-10-8(17)5-4-6-14-10/h4-7,17H,1-3H3,(H,14,16,18). The molecule has 0 spiro atoms. The first-order valence-electron chi connectivity index (χ1n) is 5.79. The molecule has 0 bridgehead atoms. The van der Waals surface area contributed by atoms with Gasteiger partial charge in [-0.1, -0.05) is 20.8 Å². The SMILES string of the molecule is CC(C)(C)c1ncc(C(=O)Nc2ncccc2O)s1. The first kappa shape index (κ1) is 13.5. The molecule has 5 nitrogen and oxygen atoms in total. The van der Waals surface area contributed by atoms with Crippen LogP contribution < -0.4 is 5.32 Å². The fraction of sp³-hybridized carbons (Fsp3) is 0.308. The van der Waals surface area contributed by atoms with Crippen LogP contribution in [-0.4, -0.2) is 21.0 Å². The van der Waals surface area contributed by atoms with Crippen LogP contribution in [0, 0.1) is 0 Å². The second-order valence-corrected chi connectivity index (χ2v) is 6.14. The smallest absolute Gasteiger partial charge is 0.268 e. The molecule has 1 amide bonds. The highest BCUT2D eigenvalue weighted by Crippen LogP contribution is 2.27. The van der Waals surface area contributed by atoms with Crippen LogP contribution in [0.3, 0.4) is 0 Å². The molecule has 0 atom stereocenters. The predicted molar refractivity (Wildman–Crippen MR) is 74.7 cm³/mol. The molecule has 2 aromatic rings. The van der Waals surface area contributed by atoms with Crippen molar-refractivity contribution in [3.63, 3.8) is 0 Å². The van der Waals surface area contributed by atoms with E-state index in [1.807, 2.05) is 20.8 Å². The van der Waals surface area contributed by atoms with Gasteiger partial charge in [-0.25, -0.2) is 9.97 Å². The van der Waals surface area contributed by atoms with Gasteiger partial charge in [0.25, 0.3) is 5.91 Å². The maximum absolute atomic E-state index is 12.0. The van der Waals surface area contributed by atoms with Gasteiger partial charge in [-0.2, -0.15) is 0 Å². The lowest BCUT2D eigenvalue weighted by Gasteiger charge is -2.13. The number of hydrogen-bond donors (Lipinski definition) is 2. The largest absolute Gasteiger partial charge is 0.504 e. The van der Waals surface area contributed by atoms with E-state index in [-0.39, 0.29) is 22.9 Å². The fourth-order valence-electron chi connectivity index (χ4n) is 1.39. The number of carbonyl (C=O) groups excluding carboxylic acids is 1. The van der Waals surface area contributed by atoms with Crippen molar-refractivity contribution < 1.29 is 9.90 Å². The van der Waals surface area contributed by atoms with Crippen molar-refractivity contribution in [3.8, 4) is 5.75 Å². The number of nitrogens with one attached hydrogen (secondary N) is 1. The van der Waals surface area contributed by atoms with Crippen molar-refractivity contribution >= 4 is 23.1 Å². The molecule has 2 heterocycles. The van der Waals surface area contributed by atoms with Gasteiger partial charge in [0.05, 0.1) is 11.2 Å². The Kier molecular flexibility index (Phi) is 3.53. The van der Waals surface area contributed by atoms with Crippen LogP contribution in [0.4, 0.5) is 5.82 Å². The lowest BCUT2D eigenvalue weighted by atomic mass is 9.98. The van der Waals surface area contributed by atoms with Gasteiger partial charge in [-0.05, 0) is 12.1 Å². The fourth-order valence-corrected chi connectivity index (χ4v) is 2.26. The van der Waals surface area contributed by atoms with E-state index in [2.05, 4.69) is 15.3 Å². The highest BCUT2D eigenvalue weighted by atomic mass is 32.1. The number of pyridine rings is 1. The number of anilines is 1. The van der Waals surface area contributed by atoms with Crippen molar-refractivity contribution in [1.29, 1.82) is 0 Å². The number of hydrogen-bond acceptors (Lipinski definition) is 5. The van der Waals surface area contributed by atoms with Crippen molar-refractivity contribution in [1.82, 2.24) is 9.97 Å². The minimum Gasteiger partial charge on any atom is -0.504 e. The molecule has 0 fully saturated rings. The number of aromatic nitrogens is 2. The van der Waals surface area contributed by atoms with Gasteiger partial charge in [0.2, 0.25) is 0 Å². The van der Waals surface area contributed by atoms with Crippen LogP contribution >= 0.6 is 11.3 Å². The van der Waals surface area contributed by atoms with Crippen LogP contribution in [0.15, 0.2) is 24.5 Å². The number of carbonyl (C=O) groups is 1. The van der Waals surface area contributed by atoms with E-state index in [9.17, 15) is 9.90 Å². The highest BCUT2D eigenvalue weighted by Gasteiger charge is 2.20. The van der Waals surface area contributed by atoms with Crippen LogP contribution in [-0.2, 0) is 5.41 Å². The van der Waals surface area contributed by atoms with E-state index >= 15 is 0 Å². The Morgan fingerprint density at radius 2 is 2.11 bits per heavy atom. The number of amides is 1. The van der Waals surface area contributed by atoms with Gasteiger partial charge in [-0.3, -0.25) is 4.79 Å². The zero-order valence-corrected chi connectivity index (χ0v) is 11.8. The maximum Gasteiger partial charge on any atom is 0.268 e. The Labute approximate surface area is 115 Å². The van der Waals surface area contributed by atoms with E-state index in [1.54, 1.807) is 12.3 Å². The molecule has 0 unspecified atom stereocenters. The summed E-state index contributed by atoms with van der Waals surface area (Å²) in [6.07, 6.45) is 3.04. The molecule has 0 saturated heterocycles. The summed E-state index contributed by atoms with van der Waals surface area (Å²) >= 11 is 1.34. The third-order valence-electron chi connectivity index (χ3n) is 2.39. The van der Waals surface area contributed by atoms with Crippen molar-refractivity contribution in [2.45, 2.75) is 26.2 Å². The zero-order chi connectivity index (χ0) is 14.0. The minimum absolute atomic E-state index is 0.0589.